The van der Waals surface area contributed by atoms with E-state index in [2.05, 4.69) is 15.3 Å². The van der Waals surface area contributed by atoms with E-state index >= 15 is 0 Å². The molecule has 5 nitrogen and oxygen atoms in total. The van der Waals surface area contributed by atoms with Crippen LogP contribution in [-0.4, -0.2) is 15.9 Å². The van der Waals surface area contributed by atoms with Crippen LogP contribution in [0.1, 0.15) is 18.4 Å². The van der Waals surface area contributed by atoms with Crippen LogP contribution in [0.25, 0.3) is 11.0 Å². The van der Waals surface area contributed by atoms with Gasteiger partial charge in [0.15, 0.2) is 5.95 Å². The lowest BCUT2D eigenvalue weighted by Gasteiger charge is -1.99. The maximum Gasteiger partial charge on any atom is 0.231 e. The van der Waals surface area contributed by atoms with Crippen molar-refractivity contribution in [3.63, 3.8) is 0 Å². The Balaban J connectivity index is 2.30. The van der Waals surface area contributed by atoms with Crippen LogP contribution < -0.4 is 11.1 Å². The van der Waals surface area contributed by atoms with Gasteiger partial charge in [-0.3, -0.25) is 4.79 Å². The zero-order valence-electron chi connectivity index (χ0n) is 8.16. The van der Waals surface area contributed by atoms with Gasteiger partial charge in [-0.15, -0.1) is 0 Å². The Morgan fingerprint density at radius 2 is 2.27 bits per heavy atom. The molecule has 0 saturated carbocycles. The number of nitrogens with one attached hydrogen (secondary N) is 2. The molecule has 2 heterocycles. The van der Waals surface area contributed by atoms with Gasteiger partial charge >= 0.3 is 0 Å². The number of H-pyrrole nitrogens is 1. The summed E-state index contributed by atoms with van der Waals surface area (Å²) in [7, 11) is 0. The van der Waals surface area contributed by atoms with Gasteiger partial charge < -0.3 is 16.0 Å². The fourth-order valence-electron chi connectivity index (χ4n) is 1.94. The predicted octanol–water partition coefficient (Wildman–Crippen LogP) is 1.20. The number of fused-ring (bicyclic) bond motifs is 2. The zero-order valence-corrected chi connectivity index (χ0v) is 8.16. The van der Waals surface area contributed by atoms with E-state index in [0.29, 0.717) is 5.95 Å². The highest BCUT2D eigenvalue weighted by molar-refractivity contribution is 6.05. The third-order valence-electron chi connectivity index (χ3n) is 2.79. The van der Waals surface area contributed by atoms with Crippen molar-refractivity contribution >= 4 is 28.6 Å². The summed E-state index contributed by atoms with van der Waals surface area (Å²) in [5, 5.41) is 2.81. The number of aromatic amines is 1. The Morgan fingerprint density at radius 1 is 1.47 bits per heavy atom. The van der Waals surface area contributed by atoms with Crippen molar-refractivity contribution in [3.05, 3.63) is 17.7 Å². The number of carbonyl (C=O) groups is 1. The molecule has 0 spiro atoms. The van der Waals surface area contributed by atoms with Crippen molar-refractivity contribution in [2.75, 3.05) is 11.1 Å². The van der Waals surface area contributed by atoms with Crippen LogP contribution in [0.15, 0.2) is 12.1 Å². The lowest BCUT2D eigenvalue weighted by atomic mass is 10.0. The summed E-state index contributed by atoms with van der Waals surface area (Å²) in [4.78, 5) is 18.5. The monoisotopic (exact) mass is 202 g/mol. The smallest absolute Gasteiger partial charge is 0.231 e. The maximum atomic E-state index is 11.4. The van der Waals surface area contributed by atoms with E-state index < -0.39 is 0 Å². The first-order chi connectivity index (χ1) is 7.15. The maximum absolute atomic E-state index is 11.4. The molecule has 1 aromatic carbocycles. The summed E-state index contributed by atoms with van der Waals surface area (Å²) < 4.78 is 0. The van der Waals surface area contributed by atoms with Gasteiger partial charge in [0, 0.05) is 5.69 Å². The molecule has 1 atom stereocenters. The van der Waals surface area contributed by atoms with Gasteiger partial charge in [0.2, 0.25) is 5.91 Å². The first-order valence-electron chi connectivity index (χ1n) is 4.75. The molecule has 1 aliphatic heterocycles. The molecule has 5 heteroatoms. The minimum atomic E-state index is -0.103. The highest BCUT2D eigenvalue weighted by Crippen LogP contribution is 2.34. The molecular formula is C10H10N4O. The van der Waals surface area contributed by atoms with Crippen molar-refractivity contribution < 1.29 is 4.79 Å². The van der Waals surface area contributed by atoms with Gasteiger partial charge in [0.1, 0.15) is 0 Å². The predicted molar refractivity (Wildman–Crippen MR) is 57.6 cm³/mol. The number of hydrogen-bond acceptors (Lipinski definition) is 3. The number of carbonyl (C=O) groups excluding carboxylic acids is 1. The lowest BCUT2D eigenvalue weighted by Crippen LogP contribution is -2.08. The van der Waals surface area contributed by atoms with E-state index in [1.165, 1.54) is 0 Å². The number of nitrogens with zero attached hydrogens (tertiary/aromatic N) is 1. The average molecular weight is 202 g/mol. The fraction of sp³-hybridized carbons (Fsp3) is 0.200. The topological polar surface area (TPSA) is 83.8 Å². The third kappa shape index (κ3) is 1.03. The molecule has 0 bridgehead atoms. The van der Waals surface area contributed by atoms with E-state index in [4.69, 9.17) is 5.73 Å². The summed E-state index contributed by atoms with van der Waals surface area (Å²) in [5.41, 5.74) is 9.04. The molecule has 76 valence electrons. The average Bonchev–Trinajstić information content (AvgIpc) is 2.65. The third-order valence-corrected chi connectivity index (χ3v) is 2.79. The van der Waals surface area contributed by atoms with E-state index in [1.54, 1.807) is 0 Å². The second-order valence-electron chi connectivity index (χ2n) is 3.79. The summed E-state index contributed by atoms with van der Waals surface area (Å²) in [6, 6.07) is 3.77. The van der Waals surface area contributed by atoms with Crippen molar-refractivity contribution in [3.8, 4) is 0 Å². The standard InChI is InChI=1S/C10H10N4O/c1-4-5-2-7-8(14-10(11)13-7)3-6(5)12-9(4)15/h2-4H,1H3,(H,12,15)(H3,11,13,14). The molecule has 1 unspecified atom stereocenters. The molecule has 4 N–H and O–H groups in total. The molecule has 0 aliphatic carbocycles. The van der Waals surface area contributed by atoms with Crippen LogP contribution in [0.5, 0.6) is 0 Å². The zero-order chi connectivity index (χ0) is 10.6. The first-order valence-corrected chi connectivity index (χ1v) is 4.75. The summed E-state index contributed by atoms with van der Waals surface area (Å²) in [6.45, 7) is 1.88. The minimum absolute atomic E-state index is 0.0330. The summed E-state index contributed by atoms with van der Waals surface area (Å²) >= 11 is 0. The van der Waals surface area contributed by atoms with Gasteiger partial charge in [-0.25, -0.2) is 4.98 Å². The molecule has 3 rings (SSSR count). The Kier molecular flexibility index (Phi) is 1.38. The molecule has 1 aromatic heterocycles. The minimum Gasteiger partial charge on any atom is -0.369 e. The van der Waals surface area contributed by atoms with E-state index in [9.17, 15) is 4.79 Å². The molecule has 0 saturated heterocycles. The van der Waals surface area contributed by atoms with Crippen LogP contribution in [0.3, 0.4) is 0 Å². The number of nitrogens with two attached hydrogens (primary N) is 1. The normalized spacial score (nSPS) is 19.3. The molecule has 0 radical (unpaired) electrons. The summed E-state index contributed by atoms with van der Waals surface area (Å²) in [5.74, 6) is 0.326. The van der Waals surface area contributed by atoms with E-state index in [-0.39, 0.29) is 11.8 Å². The summed E-state index contributed by atoms with van der Waals surface area (Å²) in [6.07, 6.45) is 0. The largest absolute Gasteiger partial charge is 0.369 e. The molecule has 0 fully saturated rings. The number of aromatic nitrogens is 2. The lowest BCUT2D eigenvalue weighted by molar-refractivity contribution is -0.116. The second kappa shape index (κ2) is 2.50. The number of amides is 1. The quantitative estimate of drug-likeness (QED) is 0.600. The second-order valence-corrected chi connectivity index (χ2v) is 3.79. The molecule has 1 aliphatic rings. The van der Waals surface area contributed by atoms with Gasteiger partial charge in [-0.2, -0.15) is 0 Å². The SMILES string of the molecule is CC1C(=O)Nc2cc3nc(N)[nH]c3cc21. The Morgan fingerprint density at radius 3 is 3.07 bits per heavy atom. The van der Waals surface area contributed by atoms with Crippen LogP contribution in [-0.2, 0) is 4.79 Å². The molecule has 1 amide bonds. The number of hydrogen-bond donors (Lipinski definition) is 3. The fourth-order valence-corrected chi connectivity index (χ4v) is 1.94. The van der Waals surface area contributed by atoms with Crippen molar-refractivity contribution in [2.45, 2.75) is 12.8 Å². The Bertz CT molecular complexity index is 572. The number of benzene rings is 1. The highest BCUT2D eigenvalue weighted by atomic mass is 16.2. The van der Waals surface area contributed by atoms with Gasteiger partial charge in [-0.1, -0.05) is 0 Å². The van der Waals surface area contributed by atoms with Crippen molar-refractivity contribution in [2.24, 2.45) is 0 Å². The van der Waals surface area contributed by atoms with Crippen molar-refractivity contribution in [1.82, 2.24) is 9.97 Å². The first kappa shape index (κ1) is 8.28. The number of nitrogen functional groups attached to an aromatic ring is 1. The van der Waals surface area contributed by atoms with E-state index in [0.717, 1.165) is 22.3 Å². The number of anilines is 2. The van der Waals surface area contributed by atoms with Gasteiger partial charge in [-0.05, 0) is 24.6 Å². The molecule has 2 aromatic rings. The van der Waals surface area contributed by atoms with E-state index in [1.807, 2.05) is 19.1 Å². The molecular weight excluding hydrogens is 192 g/mol. The van der Waals surface area contributed by atoms with Crippen LogP contribution in [0.4, 0.5) is 11.6 Å². The number of imidazole rings is 1. The van der Waals surface area contributed by atoms with Crippen LogP contribution in [0, 0.1) is 0 Å². The Hall–Kier alpha value is -2.04. The molecule has 15 heavy (non-hydrogen) atoms. The Labute approximate surface area is 85.7 Å². The van der Waals surface area contributed by atoms with Gasteiger partial charge in [0.25, 0.3) is 0 Å². The van der Waals surface area contributed by atoms with Crippen LogP contribution in [0.2, 0.25) is 0 Å². The van der Waals surface area contributed by atoms with Gasteiger partial charge in [0.05, 0.1) is 17.0 Å². The number of rotatable bonds is 0. The van der Waals surface area contributed by atoms with Crippen LogP contribution >= 0.6 is 0 Å². The highest BCUT2D eigenvalue weighted by Gasteiger charge is 2.27. The van der Waals surface area contributed by atoms with Crippen molar-refractivity contribution in [1.29, 1.82) is 0 Å².